The molecular weight excluding hydrogens is 292 g/mol. The second kappa shape index (κ2) is 7.28. The van der Waals surface area contributed by atoms with E-state index in [1.54, 1.807) is 0 Å². The minimum Gasteiger partial charge on any atom is -0.492 e. The SMILES string of the molecule is CCOc1ccccc1Nc1cc(C)nc(N2CCOCC2)n1. The Hall–Kier alpha value is -2.34. The Kier molecular flexibility index (Phi) is 4.92. The fourth-order valence-electron chi connectivity index (χ4n) is 2.51. The molecule has 2 heterocycles. The van der Waals surface area contributed by atoms with Crippen molar-refractivity contribution >= 4 is 17.5 Å². The summed E-state index contributed by atoms with van der Waals surface area (Å²) in [5, 5.41) is 3.34. The first-order valence-corrected chi connectivity index (χ1v) is 7.93. The lowest BCUT2D eigenvalue weighted by atomic mass is 10.3. The Labute approximate surface area is 136 Å². The molecule has 1 aromatic heterocycles. The van der Waals surface area contributed by atoms with Crippen LogP contribution in [0.2, 0.25) is 0 Å². The maximum Gasteiger partial charge on any atom is 0.227 e. The first kappa shape index (κ1) is 15.6. The van der Waals surface area contributed by atoms with Crippen LogP contribution in [0.1, 0.15) is 12.6 Å². The number of hydrogen-bond acceptors (Lipinski definition) is 6. The van der Waals surface area contributed by atoms with Crippen molar-refractivity contribution < 1.29 is 9.47 Å². The van der Waals surface area contributed by atoms with Gasteiger partial charge in [-0.2, -0.15) is 4.98 Å². The van der Waals surface area contributed by atoms with E-state index in [0.717, 1.165) is 42.0 Å². The predicted molar refractivity (Wildman–Crippen MR) is 90.7 cm³/mol. The highest BCUT2D eigenvalue weighted by molar-refractivity contribution is 5.64. The largest absolute Gasteiger partial charge is 0.492 e. The summed E-state index contributed by atoms with van der Waals surface area (Å²) in [6.45, 7) is 7.64. The van der Waals surface area contributed by atoms with Crippen molar-refractivity contribution in [2.45, 2.75) is 13.8 Å². The van der Waals surface area contributed by atoms with Crippen LogP contribution in [0.5, 0.6) is 5.75 Å². The van der Waals surface area contributed by atoms with Gasteiger partial charge in [-0.3, -0.25) is 0 Å². The number of benzene rings is 1. The van der Waals surface area contributed by atoms with Gasteiger partial charge in [0, 0.05) is 24.8 Å². The second-order valence-corrected chi connectivity index (χ2v) is 5.35. The zero-order valence-electron chi connectivity index (χ0n) is 13.6. The Morgan fingerprint density at radius 1 is 1.22 bits per heavy atom. The molecule has 6 nitrogen and oxygen atoms in total. The van der Waals surface area contributed by atoms with Gasteiger partial charge in [0.1, 0.15) is 11.6 Å². The zero-order valence-corrected chi connectivity index (χ0v) is 13.6. The van der Waals surface area contributed by atoms with E-state index < -0.39 is 0 Å². The summed E-state index contributed by atoms with van der Waals surface area (Å²) in [5.41, 5.74) is 1.83. The molecule has 0 amide bonds. The third-order valence-electron chi connectivity index (χ3n) is 3.59. The van der Waals surface area contributed by atoms with Crippen molar-refractivity contribution in [3.63, 3.8) is 0 Å². The van der Waals surface area contributed by atoms with E-state index in [1.165, 1.54) is 0 Å². The van der Waals surface area contributed by atoms with E-state index >= 15 is 0 Å². The van der Waals surface area contributed by atoms with Crippen LogP contribution in [0.3, 0.4) is 0 Å². The highest BCUT2D eigenvalue weighted by Crippen LogP contribution is 2.27. The van der Waals surface area contributed by atoms with Crippen molar-refractivity contribution in [3.05, 3.63) is 36.0 Å². The van der Waals surface area contributed by atoms with E-state index in [1.807, 2.05) is 44.2 Å². The lowest BCUT2D eigenvalue weighted by Crippen LogP contribution is -2.37. The fourth-order valence-corrected chi connectivity index (χ4v) is 2.51. The molecule has 23 heavy (non-hydrogen) atoms. The Bertz CT molecular complexity index is 657. The first-order chi connectivity index (χ1) is 11.3. The van der Waals surface area contributed by atoms with Crippen molar-refractivity contribution in [2.24, 2.45) is 0 Å². The molecule has 1 aromatic carbocycles. The molecule has 0 aliphatic carbocycles. The van der Waals surface area contributed by atoms with Crippen LogP contribution in [0.4, 0.5) is 17.5 Å². The zero-order chi connectivity index (χ0) is 16.1. The number of anilines is 3. The summed E-state index contributed by atoms with van der Waals surface area (Å²) in [7, 11) is 0. The van der Waals surface area contributed by atoms with Crippen LogP contribution >= 0.6 is 0 Å². The molecule has 0 unspecified atom stereocenters. The Balaban J connectivity index is 1.84. The minimum absolute atomic E-state index is 0.626. The number of aromatic nitrogens is 2. The molecule has 0 radical (unpaired) electrons. The summed E-state index contributed by atoms with van der Waals surface area (Å²) in [5.74, 6) is 2.33. The molecule has 2 aromatic rings. The summed E-state index contributed by atoms with van der Waals surface area (Å²) in [4.78, 5) is 11.3. The normalized spacial score (nSPS) is 14.6. The van der Waals surface area contributed by atoms with Crippen LogP contribution in [0, 0.1) is 6.92 Å². The molecule has 122 valence electrons. The minimum atomic E-state index is 0.626. The number of aryl methyl sites for hydroxylation is 1. The highest BCUT2D eigenvalue weighted by atomic mass is 16.5. The molecule has 0 spiro atoms. The maximum absolute atomic E-state index is 5.65. The fraction of sp³-hybridized carbons (Fsp3) is 0.412. The molecule has 0 saturated carbocycles. The van der Waals surface area contributed by atoms with Gasteiger partial charge in [-0.1, -0.05) is 12.1 Å². The average molecular weight is 314 g/mol. The van der Waals surface area contributed by atoms with Crippen LogP contribution in [-0.4, -0.2) is 42.9 Å². The quantitative estimate of drug-likeness (QED) is 0.916. The molecular formula is C17H22N4O2. The number of ether oxygens (including phenoxy) is 2. The van der Waals surface area contributed by atoms with Crippen LogP contribution < -0.4 is 15.0 Å². The van der Waals surface area contributed by atoms with Crippen LogP contribution in [-0.2, 0) is 4.74 Å². The lowest BCUT2D eigenvalue weighted by molar-refractivity contribution is 0.122. The van der Waals surface area contributed by atoms with Gasteiger partial charge in [0.05, 0.1) is 25.5 Å². The Morgan fingerprint density at radius 3 is 2.78 bits per heavy atom. The van der Waals surface area contributed by atoms with Gasteiger partial charge >= 0.3 is 0 Å². The van der Waals surface area contributed by atoms with Gasteiger partial charge in [0.2, 0.25) is 5.95 Å². The summed E-state index contributed by atoms with van der Waals surface area (Å²) < 4.78 is 11.0. The van der Waals surface area contributed by atoms with Crippen LogP contribution in [0.25, 0.3) is 0 Å². The monoisotopic (exact) mass is 314 g/mol. The molecule has 3 rings (SSSR count). The Morgan fingerprint density at radius 2 is 2.00 bits per heavy atom. The highest BCUT2D eigenvalue weighted by Gasteiger charge is 2.15. The summed E-state index contributed by atoms with van der Waals surface area (Å²) in [6.07, 6.45) is 0. The van der Waals surface area contributed by atoms with Crippen molar-refractivity contribution in [1.82, 2.24) is 9.97 Å². The molecule has 0 bridgehead atoms. The number of rotatable bonds is 5. The topological polar surface area (TPSA) is 59.5 Å². The van der Waals surface area contributed by atoms with Crippen molar-refractivity contribution in [3.8, 4) is 5.75 Å². The third kappa shape index (κ3) is 3.90. The maximum atomic E-state index is 5.65. The summed E-state index contributed by atoms with van der Waals surface area (Å²) >= 11 is 0. The molecule has 6 heteroatoms. The van der Waals surface area contributed by atoms with Crippen molar-refractivity contribution in [1.29, 1.82) is 0 Å². The molecule has 1 fully saturated rings. The second-order valence-electron chi connectivity index (χ2n) is 5.35. The predicted octanol–water partition coefficient (Wildman–Crippen LogP) is 2.76. The van der Waals surface area contributed by atoms with E-state index in [9.17, 15) is 0 Å². The third-order valence-corrected chi connectivity index (χ3v) is 3.59. The van der Waals surface area contributed by atoms with E-state index in [4.69, 9.17) is 9.47 Å². The van der Waals surface area contributed by atoms with E-state index in [0.29, 0.717) is 19.8 Å². The van der Waals surface area contributed by atoms with Crippen molar-refractivity contribution in [2.75, 3.05) is 43.1 Å². The molecule has 1 aliphatic rings. The van der Waals surface area contributed by atoms with Gasteiger partial charge in [0.25, 0.3) is 0 Å². The van der Waals surface area contributed by atoms with Gasteiger partial charge in [-0.05, 0) is 26.0 Å². The van der Waals surface area contributed by atoms with Gasteiger partial charge < -0.3 is 19.7 Å². The molecule has 1 N–H and O–H groups in total. The van der Waals surface area contributed by atoms with E-state index in [2.05, 4.69) is 20.2 Å². The average Bonchev–Trinajstić information content (AvgIpc) is 2.57. The molecule has 1 aliphatic heterocycles. The van der Waals surface area contributed by atoms with Gasteiger partial charge in [-0.15, -0.1) is 0 Å². The van der Waals surface area contributed by atoms with Gasteiger partial charge in [0.15, 0.2) is 0 Å². The summed E-state index contributed by atoms with van der Waals surface area (Å²) in [6, 6.07) is 9.80. The first-order valence-electron chi connectivity index (χ1n) is 7.93. The van der Waals surface area contributed by atoms with E-state index in [-0.39, 0.29) is 0 Å². The molecule has 0 atom stereocenters. The lowest BCUT2D eigenvalue weighted by Gasteiger charge is -2.27. The van der Waals surface area contributed by atoms with Gasteiger partial charge in [-0.25, -0.2) is 4.98 Å². The molecule has 1 saturated heterocycles. The standard InChI is InChI=1S/C17H22N4O2/c1-3-23-15-7-5-4-6-14(15)19-16-12-13(2)18-17(20-16)21-8-10-22-11-9-21/h4-7,12H,3,8-11H2,1-2H3,(H,18,19,20). The number of nitrogens with zero attached hydrogens (tertiary/aromatic N) is 3. The van der Waals surface area contributed by atoms with Crippen LogP contribution in [0.15, 0.2) is 30.3 Å². The number of hydrogen-bond donors (Lipinski definition) is 1. The number of nitrogens with one attached hydrogen (secondary N) is 1. The number of para-hydroxylation sites is 2. The number of morpholine rings is 1. The smallest absolute Gasteiger partial charge is 0.227 e.